The van der Waals surface area contributed by atoms with Crippen molar-refractivity contribution in [2.24, 2.45) is 5.92 Å². The highest BCUT2D eigenvalue weighted by atomic mass is 16.5. The Morgan fingerprint density at radius 3 is 2.45 bits per heavy atom. The second-order valence-corrected chi connectivity index (χ2v) is 7.04. The number of nitrogens with one attached hydrogen (secondary N) is 1. The molecule has 1 atom stereocenters. The van der Waals surface area contributed by atoms with Gasteiger partial charge in [0.05, 0.1) is 17.8 Å². The molecule has 0 bridgehead atoms. The fourth-order valence-corrected chi connectivity index (χ4v) is 2.07. The van der Waals surface area contributed by atoms with Gasteiger partial charge < -0.3 is 19.8 Å². The molecule has 1 aliphatic heterocycles. The van der Waals surface area contributed by atoms with Gasteiger partial charge in [-0.05, 0) is 52.8 Å². The molecule has 2 rings (SSSR count). The molecule has 0 aliphatic carbocycles. The Morgan fingerprint density at radius 1 is 1.23 bits per heavy atom. The maximum Gasteiger partial charge on any atom is 0.330 e. The summed E-state index contributed by atoms with van der Waals surface area (Å²) in [5.41, 5.74) is -0.619. The molecule has 1 aromatic rings. The number of hydrogen-bond donors (Lipinski definition) is 2. The molecular weight excluding hydrogens is 277 g/mol. The summed E-state index contributed by atoms with van der Waals surface area (Å²) in [6, 6.07) is 7.83. The van der Waals surface area contributed by atoms with E-state index in [2.05, 4.69) is 5.32 Å². The second kappa shape index (κ2) is 7.03. The molecule has 1 aromatic carbocycles. The lowest BCUT2D eigenvalue weighted by atomic mass is 9.82. The van der Waals surface area contributed by atoms with Crippen LogP contribution in [-0.2, 0) is 4.65 Å². The van der Waals surface area contributed by atoms with E-state index in [1.165, 1.54) is 6.42 Å². The molecule has 1 saturated heterocycles. The smallest absolute Gasteiger partial charge is 0.330 e. The van der Waals surface area contributed by atoms with Gasteiger partial charge >= 0.3 is 7.48 Å². The van der Waals surface area contributed by atoms with E-state index in [1.807, 2.05) is 38.1 Å². The number of rotatable bonds is 7. The standard InChI is InChI=1S/C17H27BNO3/c1-16(2,20)17(3,4)22-18-14-5-7-15(8-6-14)21-12-13-9-10-19-11-13/h5-8,13,19-20H,9-12H2,1-4H3/t13-/m0/s1. The van der Waals surface area contributed by atoms with E-state index in [4.69, 9.17) is 9.39 Å². The maximum absolute atomic E-state index is 10.1. The van der Waals surface area contributed by atoms with Gasteiger partial charge in [0.1, 0.15) is 5.75 Å². The van der Waals surface area contributed by atoms with Crippen molar-refractivity contribution >= 4 is 12.9 Å². The van der Waals surface area contributed by atoms with E-state index in [-0.39, 0.29) is 0 Å². The van der Waals surface area contributed by atoms with Crippen molar-refractivity contribution in [2.45, 2.75) is 45.3 Å². The van der Waals surface area contributed by atoms with Crippen LogP contribution in [0.1, 0.15) is 34.1 Å². The molecular formula is C17H27BNO3. The quantitative estimate of drug-likeness (QED) is 0.749. The topological polar surface area (TPSA) is 50.7 Å². The lowest BCUT2D eigenvalue weighted by molar-refractivity contribution is -0.0893. The van der Waals surface area contributed by atoms with Gasteiger partial charge in [0.15, 0.2) is 0 Å². The molecule has 1 fully saturated rings. The highest BCUT2D eigenvalue weighted by Crippen LogP contribution is 2.24. The van der Waals surface area contributed by atoms with Crippen LogP contribution in [0.15, 0.2) is 24.3 Å². The minimum Gasteiger partial charge on any atom is -0.493 e. The van der Waals surface area contributed by atoms with Crippen LogP contribution in [0, 0.1) is 5.92 Å². The first-order chi connectivity index (χ1) is 10.3. The van der Waals surface area contributed by atoms with E-state index in [0.29, 0.717) is 5.92 Å². The van der Waals surface area contributed by atoms with Gasteiger partial charge in [0.25, 0.3) is 0 Å². The summed E-state index contributed by atoms with van der Waals surface area (Å²) in [6.45, 7) is 10.1. The molecule has 1 radical (unpaired) electrons. The SMILES string of the molecule is CC(C)(O)C(C)(C)O[B]c1ccc(OC[C@H]2CCNC2)cc1. The zero-order valence-electron chi connectivity index (χ0n) is 14.1. The van der Waals surface area contributed by atoms with Crippen LogP contribution in [0.5, 0.6) is 5.75 Å². The molecule has 22 heavy (non-hydrogen) atoms. The number of hydrogen-bond acceptors (Lipinski definition) is 4. The van der Waals surface area contributed by atoms with Crippen LogP contribution in [0.2, 0.25) is 0 Å². The monoisotopic (exact) mass is 304 g/mol. The molecule has 0 spiro atoms. The molecule has 4 nitrogen and oxygen atoms in total. The van der Waals surface area contributed by atoms with Crippen molar-refractivity contribution in [3.8, 4) is 5.75 Å². The van der Waals surface area contributed by atoms with E-state index < -0.39 is 11.2 Å². The summed E-state index contributed by atoms with van der Waals surface area (Å²) in [5, 5.41) is 13.4. The van der Waals surface area contributed by atoms with E-state index in [9.17, 15) is 5.11 Å². The molecule has 121 valence electrons. The van der Waals surface area contributed by atoms with Crippen LogP contribution in [0.25, 0.3) is 0 Å². The largest absolute Gasteiger partial charge is 0.493 e. The van der Waals surface area contributed by atoms with Gasteiger partial charge in [-0.2, -0.15) is 0 Å². The van der Waals surface area contributed by atoms with E-state index in [1.54, 1.807) is 21.3 Å². The van der Waals surface area contributed by atoms with Gasteiger partial charge in [0, 0.05) is 12.5 Å². The minimum atomic E-state index is -0.915. The first-order valence-corrected chi connectivity index (χ1v) is 7.95. The predicted molar refractivity (Wildman–Crippen MR) is 89.8 cm³/mol. The Balaban J connectivity index is 1.81. The van der Waals surface area contributed by atoms with Crippen molar-refractivity contribution < 1.29 is 14.5 Å². The Bertz CT molecular complexity index is 462. The molecule has 5 heteroatoms. The van der Waals surface area contributed by atoms with E-state index in [0.717, 1.165) is 30.9 Å². The van der Waals surface area contributed by atoms with Crippen LogP contribution < -0.4 is 15.5 Å². The average molecular weight is 304 g/mol. The van der Waals surface area contributed by atoms with Crippen LogP contribution >= 0.6 is 0 Å². The number of aliphatic hydroxyl groups is 1. The van der Waals surface area contributed by atoms with Crippen LogP contribution in [-0.4, -0.2) is 43.5 Å². The van der Waals surface area contributed by atoms with Crippen molar-refractivity contribution in [3.05, 3.63) is 24.3 Å². The van der Waals surface area contributed by atoms with Crippen molar-refractivity contribution in [2.75, 3.05) is 19.7 Å². The van der Waals surface area contributed by atoms with Gasteiger partial charge in [-0.1, -0.05) is 17.6 Å². The highest BCUT2D eigenvalue weighted by molar-refractivity contribution is 6.47. The predicted octanol–water partition coefficient (Wildman–Crippen LogP) is 1.49. The first-order valence-electron chi connectivity index (χ1n) is 7.95. The summed E-state index contributed by atoms with van der Waals surface area (Å²) in [6.07, 6.45) is 1.19. The Morgan fingerprint density at radius 2 is 1.91 bits per heavy atom. The van der Waals surface area contributed by atoms with Crippen molar-refractivity contribution in [1.29, 1.82) is 0 Å². The molecule has 1 heterocycles. The summed E-state index contributed by atoms with van der Waals surface area (Å²) in [5.74, 6) is 1.49. The van der Waals surface area contributed by atoms with Crippen molar-refractivity contribution in [1.82, 2.24) is 5.32 Å². The molecule has 0 aromatic heterocycles. The molecule has 0 saturated carbocycles. The third-order valence-corrected chi connectivity index (χ3v) is 4.49. The van der Waals surface area contributed by atoms with Crippen LogP contribution in [0.4, 0.5) is 0 Å². The molecule has 2 N–H and O–H groups in total. The second-order valence-electron chi connectivity index (χ2n) is 7.04. The Hall–Kier alpha value is -1.04. The van der Waals surface area contributed by atoms with Crippen molar-refractivity contribution in [3.63, 3.8) is 0 Å². The third-order valence-electron chi connectivity index (χ3n) is 4.49. The zero-order chi connectivity index (χ0) is 16.2. The molecule has 0 unspecified atom stereocenters. The van der Waals surface area contributed by atoms with E-state index >= 15 is 0 Å². The van der Waals surface area contributed by atoms with Gasteiger partial charge in [-0.15, -0.1) is 0 Å². The summed E-state index contributed by atoms with van der Waals surface area (Å²) in [7, 11) is 1.68. The number of ether oxygens (including phenoxy) is 1. The average Bonchev–Trinajstić information content (AvgIpc) is 2.96. The summed E-state index contributed by atoms with van der Waals surface area (Å²) < 4.78 is 11.5. The fraction of sp³-hybridized carbons (Fsp3) is 0.647. The molecule has 0 amide bonds. The lowest BCUT2D eigenvalue weighted by Gasteiger charge is -2.37. The summed E-state index contributed by atoms with van der Waals surface area (Å²) >= 11 is 0. The zero-order valence-corrected chi connectivity index (χ0v) is 14.1. The lowest BCUT2D eigenvalue weighted by Crippen LogP contribution is -2.49. The number of benzene rings is 1. The molecule has 1 aliphatic rings. The summed E-state index contributed by atoms with van der Waals surface area (Å²) in [4.78, 5) is 0. The maximum atomic E-state index is 10.1. The Labute approximate surface area is 134 Å². The fourth-order valence-electron chi connectivity index (χ4n) is 2.07. The van der Waals surface area contributed by atoms with Crippen LogP contribution in [0.3, 0.4) is 0 Å². The normalized spacial score (nSPS) is 19.2. The third kappa shape index (κ3) is 4.73. The highest BCUT2D eigenvalue weighted by Gasteiger charge is 2.35. The van der Waals surface area contributed by atoms with Gasteiger partial charge in [-0.25, -0.2) is 0 Å². The Kier molecular flexibility index (Phi) is 5.53. The van der Waals surface area contributed by atoms with Gasteiger partial charge in [-0.3, -0.25) is 0 Å². The first kappa shape index (κ1) is 17.3. The van der Waals surface area contributed by atoms with Gasteiger partial charge in [0.2, 0.25) is 0 Å². The minimum absolute atomic E-state index is 0.613.